The Morgan fingerprint density at radius 1 is 1.18 bits per heavy atom. The molecular weight excluding hydrogens is 456 g/mol. The number of nitrogens with zero attached hydrogens (tertiary/aromatic N) is 1. The van der Waals surface area contributed by atoms with E-state index in [1.54, 1.807) is 25.1 Å². The number of carbonyl (C=O) groups is 1. The standard InChI is InChI=1S/C24H26F4N2O2S/c1-3-33-29-22-18(30(13-24(22,27)28)23(31)19-10-11-32-19)12-15-7-5-9-17(21(15)26)16-8-4-6-14(2)20(16)25/h4-9,18-19,22,29H,3,10-13H2,1-2H3/t18-,19?,22+/m0/s1. The molecule has 0 aliphatic carbocycles. The lowest BCUT2D eigenvalue weighted by Crippen LogP contribution is -2.51. The fourth-order valence-electron chi connectivity index (χ4n) is 4.35. The Bertz CT molecular complexity index is 1030. The predicted molar refractivity (Wildman–Crippen MR) is 120 cm³/mol. The van der Waals surface area contributed by atoms with Gasteiger partial charge in [0.05, 0.1) is 19.2 Å². The third-order valence-electron chi connectivity index (χ3n) is 6.22. The number of ether oxygens (including phenoxy) is 1. The first-order chi connectivity index (χ1) is 15.7. The SMILES string of the molecule is CCSN[C@@H]1[C@H](Cc2cccc(-c3cccc(C)c3F)c2F)N(C(=O)C2CCO2)CC1(F)F. The molecule has 2 aliphatic rings. The van der Waals surface area contributed by atoms with E-state index in [0.29, 0.717) is 24.3 Å². The van der Waals surface area contributed by atoms with Gasteiger partial charge in [-0.15, -0.1) is 0 Å². The van der Waals surface area contributed by atoms with Crippen LogP contribution in [0.1, 0.15) is 24.5 Å². The summed E-state index contributed by atoms with van der Waals surface area (Å²) in [6, 6.07) is 6.91. The van der Waals surface area contributed by atoms with E-state index < -0.39 is 48.2 Å². The first-order valence-corrected chi connectivity index (χ1v) is 11.9. The van der Waals surface area contributed by atoms with Crippen molar-refractivity contribution < 1.29 is 27.1 Å². The van der Waals surface area contributed by atoms with Gasteiger partial charge in [-0.1, -0.05) is 55.3 Å². The summed E-state index contributed by atoms with van der Waals surface area (Å²) in [7, 11) is 0. The molecule has 2 aromatic carbocycles. The third kappa shape index (κ3) is 4.63. The Morgan fingerprint density at radius 2 is 1.85 bits per heavy atom. The molecule has 0 saturated carbocycles. The summed E-state index contributed by atoms with van der Waals surface area (Å²) in [5.74, 6) is -4.35. The van der Waals surface area contributed by atoms with Gasteiger partial charge in [-0.2, -0.15) is 0 Å². The summed E-state index contributed by atoms with van der Waals surface area (Å²) < 4.78 is 68.2. The largest absolute Gasteiger partial charge is 0.368 e. The van der Waals surface area contributed by atoms with Crippen molar-refractivity contribution in [1.29, 1.82) is 0 Å². The molecule has 9 heteroatoms. The lowest BCUT2D eigenvalue weighted by atomic mass is 9.94. The van der Waals surface area contributed by atoms with Crippen molar-refractivity contribution in [3.05, 3.63) is 59.2 Å². The fourth-order valence-corrected chi connectivity index (χ4v) is 5.03. The number of carbonyl (C=O) groups excluding carboxylic acids is 1. The molecule has 2 aromatic rings. The van der Waals surface area contributed by atoms with E-state index in [1.807, 2.05) is 6.92 Å². The Kier molecular flexibility index (Phi) is 7.02. The number of hydrogen-bond acceptors (Lipinski definition) is 4. The minimum atomic E-state index is -3.19. The number of aryl methyl sites for hydroxylation is 1. The highest BCUT2D eigenvalue weighted by Gasteiger charge is 2.57. The lowest BCUT2D eigenvalue weighted by Gasteiger charge is -2.34. The maximum atomic E-state index is 15.6. The number of hydrogen-bond donors (Lipinski definition) is 1. The minimum Gasteiger partial charge on any atom is -0.368 e. The highest BCUT2D eigenvalue weighted by molar-refractivity contribution is 7.97. The van der Waals surface area contributed by atoms with Crippen LogP contribution < -0.4 is 4.72 Å². The molecule has 1 unspecified atom stereocenters. The molecule has 0 spiro atoms. The molecule has 2 saturated heterocycles. The second kappa shape index (κ2) is 9.64. The molecule has 0 bridgehead atoms. The van der Waals surface area contributed by atoms with Crippen LogP contribution in [0.3, 0.4) is 0 Å². The van der Waals surface area contributed by atoms with Crippen LogP contribution in [0.25, 0.3) is 11.1 Å². The minimum absolute atomic E-state index is 0.0612. The summed E-state index contributed by atoms with van der Waals surface area (Å²) in [5.41, 5.74) is 0.701. The van der Waals surface area contributed by atoms with Gasteiger partial charge in [0.1, 0.15) is 23.8 Å². The molecule has 2 aliphatic heterocycles. The van der Waals surface area contributed by atoms with Crippen LogP contribution in [0, 0.1) is 18.6 Å². The topological polar surface area (TPSA) is 41.6 Å². The van der Waals surface area contributed by atoms with Crippen LogP contribution >= 0.6 is 11.9 Å². The Morgan fingerprint density at radius 3 is 2.48 bits per heavy atom. The Hall–Kier alpha value is -2.10. The molecule has 4 nitrogen and oxygen atoms in total. The van der Waals surface area contributed by atoms with Crippen LogP contribution in [0.2, 0.25) is 0 Å². The Labute approximate surface area is 194 Å². The second-order valence-corrected chi connectivity index (χ2v) is 9.49. The zero-order chi connectivity index (χ0) is 23.8. The van der Waals surface area contributed by atoms with E-state index in [4.69, 9.17) is 4.74 Å². The van der Waals surface area contributed by atoms with Crippen molar-refractivity contribution in [2.45, 2.75) is 50.8 Å². The zero-order valence-corrected chi connectivity index (χ0v) is 19.2. The van der Waals surface area contributed by atoms with E-state index >= 15 is 4.39 Å². The van der Waals surface area contributed by atoms with E-state index in [2.05, 4.69) is 4.72 Å². The molecule has 0 aromatic heterocycles. The number of alkyl halides is 2. The predicted octanol–water partition coefficient (Wildman–Crippen LogP) is 4.74. The maximum Gasteiger partial charge on any atom is 0.283 e. The fraction of sp³-hybridized carbons (Fsp3) is 0.458. The van der Waals surface area contributed by atoms with Gasteiger partial charge >= 0.3 is 0 Å². The van der Waals surface area contributed by atoms with Crippen molar-refractivity contribution in [1.82, 2.24) is 9.62 Å². The average molecular weight is 483 g/mol. The van der Waals surface area contributed by atoms with E-state index in [1.165, 1.54) is 18.2 Å². The quantitative estimate of drug-likeness (QED) is 0.457. The molecule has 4 rings (SSSR count). The van der Waals surface area contributed by atoms with Gasteiger partial charge < -0.3 is 9.64 Å². The molecule has 1 amide bonds. The van der Waals surface area contributed by atoms with Crippen molar-refractivity contribution in [2.24, 2.45) is 0 Å². The second-order valence-electron chi connectivity index (χ2n) is 8.39. The van der Waals surface area contributed by atoms with Gasteiger partial charge in [-0.3, -0.25) is 9.52 Å². The number of rotatable bonds is 7. The van der Waals surface area contributed by atoms with Gasteiger partial charge in [-0.25, -0.2) is 17.6 Å². The highest BCUT2D eigenvalue weighted by Crippen LogP contribution is 2.38. The van der Waals surface area contributed by atoms with E-state index in [-0.39, 0.29) is 23.1 Å². The average Bonchev–Trinajstić information content (AvgIpc) is 2.98. The molecule has 178 valence electrons. The maximum absolute atomic E-state index is 15.6. The number of amides is 1. The number of nitrogens with one attached hydrogen (secondary N) is 1. The number of halogens is 4. The van der Waals surface area contributed by atoms with Crippen LogP contribution in [0.4, 0.5) is 17.6 Å². The van der Waals surface area contributed by atoms with E-state index in [9.17, 15) is 18.0 Å². The van der Waals surface area contributed by atoms with Crippen LogP contribution in [-0.4, -0.2) is 53.8 Å². The summed E-state index contributed by atoms with van der Waals surface area (Å²) >= 11 is 1.13. The molecule has 2 fully saturated rings. The number of likely N-dealkylation sites (tertiary alicyclic amines) is 1. The van der Waals surface area contributed by atoms with Crippen molar-refractivity contribution in [3.8, 4) is 11.1 Å². The highest BCUT2D eigenvalue weighted by atomic mass is 32.2. The molecule has 33 heavy (non-hydrogen) atoms. The van der Waals surface area contributed by atoms with Gasteiger partial charge in [0.15, 0.2) is 0 Å². The van der Waals surface area contributed by atoms with Gasteiger partial charge in [0.25, 0.3) is 11.8 Å². The monoisotopic (exact) mass is 482 g/mol. The normalized spacial score (nSPS) is 24.1. The first-order valence-electron chi connectivity index (χ1n) is 10.9. The summed E-state index contributed by atoms with van der Waals surface area (Å²) in [4.78, 5) is 14.0. The van der Waals surface area contributed by atoms with Crippen molar-refractivity contribution >= 4 is 17.9 Å². The summed E-state index contributed by atoms with van der Waals surface area (Å²) in [6.45, 7) is 3.07. The molecular formula is C24H26F4N2O2S. The third-order valence-corrected chi connectivity index (χ3v) is 6.93. The molecule has 3 atom stereocenters. The van der Waals surface area contributed by atoms with Crippen LogP contribution in [0.5, 0.6) is 0 Å². The first kappa shape index (κ1) is 24.0. The molecule has 2 heterocycles. The van der Waals surface area contributed by atoms with Crippen molar-refractivity contribution in [2.75, 3.05) is 18.9 Å². The number of benzene rings is 2. The summed E-state index contributed by atoms with van der Waals surface area (Å²) in [6.07, 6.45) is -0.395. The Balaban J connectivity index is 1.69. The van der Waals surface area contributed by atoms with Crippen LogP contribution in [-0.2, 0) is 16.0 Å². The van der Waals surface area contributed by atoms with Gasteiger partial charge in [-0.05, 0) is 24.5 Å². The van der Waals surface area contributed by atoms with Crippen molar-refractivity contribution in [3.63, 3.8) is 0 Å². The zero-order valence-electron chi connectivity index (χ0n) is 18.4. The summed E-state index contributed by atoms with van der Waals surface area (Å²) in [5, 5.41) is 0. The van der Waals surface area contributed by atoms with Crippen LogP contribution in [0.15, 0.2) is 36.4 Å². The molecule has 0 radical (unpaired) electrons. The smallest absolute Gasteiger partial charge is 0.283 e. The van der Waals surface area contributed by atoms with Gasteiger partial charge in [0, 0.05) is 23.3 Å². The van der Waals surface area contributed by atoms with E-state index in [0.717, 1.165) is 16.8 Å². The lowest BCUT2D eigenvalue weighted by molar-refractivity contribution is -0.158. The molecule has 1 N–H and O–H groups in total. The van der Waals surface area contributed by atoms with Gasteiger partial charge in [0.2, 0.25) is 0 Å².